The number of nitriles is 1. The van der Waals surface area contributed by atoms with Gasteiger partial charge in [-0.15, -0.1) is 0 Å². The molecule has 0 atom stereocenters. The van der Waals surface area contributed by atoms with E-state index in [0.717, 1.165) is 0 Å². The van der Waals surface area contributed by atoms with Crippen molar-refractivity contribution in [1.82, 2.24) is 0 Å². The minimum absolute atomic E-state index is 0. The fraction of sp³-hybridized carbons (Fsp3) is 0.929. The molecule has 0 saturated carbocycles. The van der Waals surface area contributed by atoms with Gasteiger partial charge in [0.2, 0.25) is 0 Å². The van der Waals surface area contributed by atoms with Crippen molar-refractivity contribution in [3.63, 3.8) is 0 Å². The van der Waals surface area contributed by atoms with Crippen molar-refractivity contribution in [3.05, 3.63) is 0 Å². The first-order chi connectivity index (χ1) is 12.3. The molecule has 0 N–H and O–H groups in total. The Hall–Kier alpha value is 1.27. The van der Waals surface area contributed by atoms with Gasteiger partial charge in [0.15, 0.2) is 0 Å². The van der Waals surface area contributed by atoms with Gasteiger partial charge in [-0.3, -0.25) is 0 Å². The van der Waals surface area contributed by atoms with E-state index in [1.165, 1.54) is 6.92 Å². The maximum Gasteiger partial charge on any atom is 2.00 e. The molecule has 0 aliphatic heterocycles. The van der Waals surface area contributed by atoms with Gasteiger partial charge in [-0.1, -0.05) is 0 Å². The van der Waals surface area contributed by atoms with Crippen LogP contribution in [0.1, 0.15) is 6.92 Å². The Morgan fingerprint density at radius 1 is 0.467 bits per heavy atom. The first kappa shape index (κ1) is 52.9. The van der Waals surface area contributed by atoms with Crippen LogP contribution in [0.5, 0.6) is 0 Å². The van der Waals surface area contributed by atoms with Crippen LogP contribution >= 0.6 is 31.7 Å². The molecule has 0 fully saturated rings. The van der Waals surface area contributed by atoms with Crippen molar-refractivity contribution >= 4 is 46.2 Å². The fourth-order valence-electron chi connectivity index (χ4n) is 0. The molecule has 0 aliphatic carbocycles. The fourth-order valence-corrected chi connectivity index (χ4v) is 0. The van der Waals surface area contributed by atoms with E-state index in [0.29, 0.717) is 0 Å². The molecule has 0 bridgehead atoms. The van der Waals surface area contributed by atoms with Crippen LogP contribution in [0, 0.1) is 11.3 Å². The van der Waals surface area contributed by atoms with Crippen LogP contribution in [0.4, 0.5) is 34.5 Å². The zero-order valence-corrected chi connectivity index (χ0v) is 25.4. The van der Waals surface area contributed by atoms with Gasteiger partial charge in [-0.2, -0.15) is 5.26 Å². The van der Waals surface area contributed by atoms with Crippen LogP contribution in [-0.2, 0) is 16.5 Å². The summed E-state index contributed by atoms with van der Waals surface area (Å²) < 4.78 is 78.0. The summed E-state index contributed by atoms with van der Waals surface area (Å²) in [5.41, 5.74) is 0. The molecule has 0 saturated heterocycles. The van der Waals surface area contributed by atoms with Gasteiger partial charge in [0.05, 0.1) is 6.07 Å². The average molecular weight is 582 g/mol. The Morgan fingerprint density at radius 3 is 0.467 bits per heavy atom. The molecule has 30 heavy (non-hydrogen) atoms. The number of rotatable bonds is 0. The van der Waals surface area contributed by atoms with Gasteiger partial charge in [0.1, 0.15) is 0 Å². The molecule has 1 nitrogen and oxygen atoms in total. The summed E-state index contributed by atoms with van der Waals surface area (Å²) in [7, 11) is -11.5. The molecule has 0 rings (SSSR count). The molecule has 0 amide bonds. The molecule has 0 radical (unpaired) electrons. The zero-order chi connectivity index (χ0) is 26.0. The van der Waals surface area contributed by atoms with Crippen LogP contribution in [0.2, 0.25) is 0 Å². The average Bonchev–Trinajstić information content (AvgIpc) is 2.19. The maximum absolute atomic E-state index is 9.75. The topological polar surface area (TPSA) is 23.8 Å². The molecule has 0 unspecified atom stereocenters. The van der Waals surface area contributed by atoms with Gasteiger partial charge < -0.3 is 34.5 Å². The van der Waals surface area contributed by atoms with E-state index in [1.807, 2.05) is 0 Å². The zero-order valence-electron chi connectivity index (χ0n) is 20.4. The number of hydrogen-bond donors (Lipinski definition) is 0. The van der Waals surface area contributed by atoms with Crippen molar-refractivity contribution in [2.45, 2.75) is 6.92 Å². The van der Waals surface area contributed by atoms with E-state index in [2.05, 4.69) is 80.0 Å². The third-order valence-electron chi connectivity index (χ3n) is 0. The SMILES string of the molecule is CC#N.C[PH+](C)C.C[PH+](C)C.C[PH+](C)C.C[PH+](C)C.F[B-](F)(F)F.F[B-](F)(F)F.[Ni+2]. The maximum atomic E-state index is 9.75. The van der Waals surface area contributed by atoms with E-state index in [9.17, 15) is 34.5 Å². The van der Waals surface area contributed by atoms with Gasteiger partial charge in [-0.25, -0.2) is 0 Å². The van der Waals surface area contributed by atoms with E-state index < -0.39 is 14.5 Å². The van der Waals surface area contributed by atoms with Crippen molar-refractivity contribution in [2.24, 2.45) is 0 Å². The second kappa shape index (κ2) is 37.6. The second-order valence-electron chi connectivity index (χ2n) is 7.21. The Balaban J connectivity index is -0.0000000314. The van der Waals surface area contributed by atoms with Crippen molar-refractivity contribution in [2.75, 3.05) is 80.0 Å². The largest absolute Gasteiger partial charge is 2.00 e. The summed E-state index contributed by atoms with van der Waals surface area (Å²) in [6.07, 6.45) is 0. The first-order valence-corrected chi connectivity index (χ1v) is 20.5. The molecule has 0 aliphatic rings. The standard InChI is InChI=1S/4C3H9P.C2H3N.2BF4.Ni/c4*1-4(2)3;1-2-3;2*2-1(3,4)5;/h4*1-3H3;1H3;;;/q;;;;;2*-1;+2/p+4. The molecule has 0 aromatic carbocycles. The minimum Gasteiger partial charge on any atom is -0.418 e. The third kappa shape index (κ3) is 14400. The summed E-state index contributed by atoms with van der Waals surface area (Å²) in [4.78, 5) is 0. The van der Waals surface area contributed by atoms with Crippen molar-refractivity contribution < 1.29 is 51.0 Å². The minimum atomic E-state index is -6.00. The summed E-state index contributed by atoms with van der Waals surface area (Å²) >= 11 is 0. The smallest absolute Gasteiger partial charge is 0.418 e. The summed E-state index contributed by atoms with van der Waals surface area (Å²) in [6.45, 7) is 28.7. The molecular formula is C14H43B2F8NNiP4+4. The molecule has 0 aromatic heterocycles. The molecule has 16 heteroatoms. The van der Waals surface area contributed by atoms with E-state index >= 15 is 0 Å². The van der Waals surface area contributed by atoms with E-state index in [-0.39, 0.29) is 48.2 Å². The van der Waals surface area contributed by atoms with E-state index in [4.69, 9.17) is 5.26 Å². The molecule has 192 valence electrons. The summed E-state index contributed by atoms with van der Waals surface area (Å²) in [5.74, 6) is 0. The third-order valence-corrected chi connectivity index (χ3v) is 0. The Kier molecular flexibility index (Phi) is 66.3. The molecular weight excluding hydrogens is 538 g/mol. The Morgan fingerprint density at radius 2 is 0.467 bits per heavy atom. The predicted octanol–water partition coefficient (Wildman–Crippen LogP) is 7.49. The number of halogens is 8. The first-order valence-electron chi connectivity index (χ1n) is 8.47. The number of hydrogen-bond acceptors (Lipinski definition) is 1. The van der Waals surface area contributed by atoms with Gasteiger partial charge >= 0.3 is 31.0 Å². The van der Waals surface area contributed by atoms with Gasteiger partial charge in [0.25, 0.3) is 0 Å². The number of nitrogens with zero attached hydrogens (tertiary/aromatic N) is 1. The van der Waals surface area contributed by atoms with Crippen molar-refractivity contribution in [1.29, 1.82) is 5.26 Å². The normalized spacial score (nSPS) is 9.07. The van der Waals surface area contributed by atoms with Crippen LogP contribution in [0.15, 0.2) is 0 Å². The molecule has 0 heterocycles. The van der Waals surface area contributed by atoms with Crippen LogP contribution in [0.3, 0.4) is 0 Å². The van der Waals surface area contributed by atoms with Crippen LogP contribution < -0.4 is 0 Å². The van der Waals surface area contributed by atoms with E-state index in [1.54, 1.807) is 6.07 Å². The van der Waals surface area contributed by atoms with Gasteiger partial charge in [-0.05, 0) is 31.7 Å². The van der Waals surface area contributed by atoms with Crippen molar-refractivity contribution in [3.8, 4) is 6.07 Å². The summed E-state index contributed by atoms with van der Waals surface area (Å²) in [6, 6.07) is 1.75. The quantitative estimate of drug-likeness (QED) is 0.165. The Bertz CT molecular complexity index is 259. The molecule has 0 spiro atoms. The Labute approximate surface area is 195 Å². The summed E-state index contributed by atoms with van der Waals surface area (Å²) in [5, 5.41) is 7.32. The predicted molar refractivity (Wildman–Crippen MR) is 136 cm³/mol. The monoisotopic (exact) mass is 581 g/mol. The van der Waals surface area contributed by atoms with Crippen LogP contribution in [0.25, 0.3) is 0 Å². The second-order valence-corrected chi connectivity index (χ2v) is 19.2. The van der Waals surface area contributed by atoms with Crippen LogP contribution in [-0.4, -0.2) is 94.5 Å². The molecule has 0 aromatic rings. The van der Waals surface area contributed by atoms with Gasteiger partial charge in [0, 0.05) is 86.9 Å².